The first-order chi connectivity index (χ1) is 13.4. The molecule has 2 heterocycles. The normalized spacial score (nSPS) is 16.2. The number of carbonyl (C=O) groups excluding carboxylic acids is 1. The molecule has 152 valence electrons. The molecule has 0 unspecified atom stereocenters. The number of aromatic nitrogens is 1. The lowest BCUT2D eigenvalue weighted by atomic mass is 9.94. The van der Waals surface area contributed by atoms with Crippen LogP contribution in [0.3, 0.4) is 0 Å². The SMILES string of the molecule is CC(C)(C)c1cnc(CN2CCCN(C(=O)CCCc3ccccc3)CC2)o1. The zero-order valence-electron chi connectivity index (χ0n) is 17.5. The maximum absolute atomic E-state index is 12.6. The summed E-state index contributed by atoms with van der Waals surface area (Å²) in [6.45, 7) is 10.6. The number of hydrogen-bond acceptors (Lipinski definition) is 4. The minimum Gasteiger partial charge on any atom is -0.444 e. The van der Waals surface area contributed by atoms with Crippen molar-refractivity contribution in [1.29, 1.82) is 0 Å². The molecule has 0 radical (unpaired) electrons. The number of aryl methyl sites for hydroxylation is 1. The van der Waals surface area contributed by atoms with E-state index < -0.39 is 0 Å². The van der Waals surface area contributed by atoms with Gasteiger partial charge in [0.05, 0.1) is 12.7 Å². The Labute approximate surface area is 168 Å². The Morgan fingerprint density at radius 3 is 2.61 bits per heavy atom. The molecule has 5 heteroatoms. The van der Waals surface area contributed by atoms with Crippen molar-refractivity contribution < 1.29 is 9.21 Å². The van der Waals surface area contributed by atoms with Crippen molar-refractivity contribution in [1.82, 2.24) is 14.8 Å². The summed E-state index contributed by atoms with van der Waals surface area (Å²) in [4.78, 5) is 21.4. The van der Waals surface area contributed by atoms with E-state index in [4.69, 9.17) is 4.42 Å². The highest BCUT2D eigenvalue weighted by Crippen LogP contribution is 2.23. The van der Waals surface area contributed by atoms with Gasteiger partial charge in [0.15, 0.2) is 0 Å². The Hall–Kier alpha value is -2.14. The fourth-order valence-electron chi connectivity index (χ4n) is 3.55. The Morgan fingerprint density at radius 2 is 1.89 bits per heavy atom. The molecule has 0 bridgehead atoms. The molecular weight excluding hydrogens is 350 g/mol. The van der Waals surface area contributed by atoms with Gasteiger partial charge in [-0.2, -0.15) is 0 Å². The average molecular weight is 384 g/mol. The van der Waals surface area contributed by atoms with Crippen LogP contribution in [0.1, 0.15) is 57.2 Å². The largest absolute Gasteiger partial charge is 0.444 e. The van der Waals surface area contributed by atoms with Gasteiger partial charge in [0.25, 0.3) is 0 Å². The van der Waals surface area contributed by atoms with Crippen LogP contribution in [0.25, 0.3) is 0 Å². The first-order valence-electron chi connectivity index (χ1n) is 10.4. The molecule has 28 heavy (non-hydrogen) atoms. The monoisotopic (exact) mass is 383 g/mol. The van der Waals surface area contributed by atoms with Crippen molar-refractivity contribution in [2.45, 2.75) is 58.4 Å². The van der Waals surface area contributed by atoms with Gasteiger partial charge in [-0.1, -0.05) is 51.1 Å². The number of oxazole rings is 1. The maximum atomic E-state index is 12.6. The molecule has 1 aromatic heterocycles. The lowest BCUT2D eigenvalue weighted by Gasteiger charge is -2.21. The fraction of sp³-hybridized carbons (Fsp3) is 0.565. The maximum Gasteiger partial charge on any atom is 0.222 e. The van der Waals surface area contributed by atoms with E-state index in [0.717, 1.165) is 57.1 Å². The minimum atomic E-state index is -0.0208. The summed E-state index contributed by atoms with van der Waals surface area (Å²) < 4.78 is 5.93. The molecule has 1 fully saturated rings. The lowest BCUT2D eigenvalue weighted by molar-refractivity contribution is -0.131. The number of nitrogens with zero attached hydrogens (tertiary/aromatic N) is 3. The average Bonchev–Trinajstić information content (AvgIpc) is 3.01. The van der Waals surface area contributed by atoms with Crippen LogP contribution >= 0.6 is 0 Å². The van der Waals surface area contributed by atoms with Gasteiger partial charge in [-0.25, -0.2) is 4.98 Å². The van der Waals surface area contributed by atoms with Crippen LogP contribution in [-0.2, 0) is 23.2 Å². The van der Waals surface area contributed by atoms with E-state index in [1.807, 2.05) is 17.2 Å². The Balaban J connectivity index is 1.43. The van der Waals surface area contributed by atoms with E-state index >= 15 is 0 Å². The van der Waals surface area contributed by atoms with Gasteiger partial charge in [0.1, 0.15) is 5.76 Å². The Morgan fingerprint density at radius 1 is 1.11 bits per heavy atom. The third kappa shape index (κ3) is 5.93. The second-order valence-corrected chi connectivity index (χ2v) is 8.72. The summed E-state index contributed by atoms with van der Waals surface area (Å²) >= 11 is 0. The summed E-state index contributed by atoms with van der Waals surface area (Å²) in [5, 5.41) is 0. The predicted molar refractivity (Wildman–Crippen MR) is 111 cm³/mol. The Kier molecular flexibility index (Phi) is 6.89. The molecule has 0 N–H and O–H groups in total. The number of carbonyl (C=O) groups is 1. The van der Waals surface area contributed by atoms with E-state index in [1.54, 1.807) is 0 Å². The van der Waals surface area contributed by atoms with Crippen molar-refractivity contribution >= 4 is 5.91 Å². The second-order valence-electron chi connectivity index (χ2n) is 8.72. The van der Waals surface area contributed by atoms with E-state index in [0.29, 0.717) is 13.0 Å². The van der Waals surface area contributed by atoms with Crippen molar-refractivity contribution in [3.63, 3.8) is 0 Å². The highest BCUT2D eigenvalue weighted by atomic mass is 16.4. The van der Waals surface area contributed by atoms with E-state index in [-0.39, 0.29) is 11.3 Å². The quantitative estimate of drug-likeness (QED) is 0.756. The van der Waals surface area contributed by atoms with Gasteiger partial charge in [-0.3, -0.25) is 9.69 Å². The molecule has 1 aliphatic heterocycles. The van der Waals surface area contributed by atoms with Gasteiger partial charge in [0, 0.05) is 38.0 Å². The Bertz CT molecular complexity index is 749. The second kappa shape index (κ2) is 9.37. The highest BCUT2D eigenvalue weighted by molar-refractivity contribution is 5.76. The van der Waals surface area contributed by atoms with Crippen LogP contribution in [0.15, 0.2) is 40.9 Å². The molecule has 1 saturated heterocycles. The number of rotatable bonds is 6. The predicted octanol–water partition coefficient (Wildman–Crippen LogP) is 4.03. The van der Waals surface area contributed by atoms with Crippen LogP contribution in [-0.4, -0.2) is 46.9 Å². The van der Waals surface area contributed by atoms with Gasteiger partial charge in [0.2, 0.25) is 11.8 Å². The van der Waals surface area contributed by atoms with Gasteiger partial charge < -0.3 is 9.32 Å². The molecule has 1 aliphatic rings. The zero-order chi connectivity index (χ0) is 20.0. The molecule has 0 atom stereocenters. The number of hydrogen-bond donors (Lipinski definition) is 0. The minimum absolute atomic E-state index is 0.0208. The van der Waals surface area contributed by atoms with E-state index in [1.165, 1.54) is 5.56 Å². The van der Waals surface area contributed by atoms with Crippen LogP contribution in [0.5, 0.6) is 0 Å². The first-order valence-corrected chi connectivity index (χ1v) is 10.4. The van der Waals surface area contributed by atoms with Gasteiger partial charge in [-0.15, -0.1) is 0 Å². The molecule has 1 aromatic carbocycles. The number of benzene rings is 1. The molecule has 0 spiro atoms. The van der Waals surface area contributed by atoms with Crippen molar-refractivity contribution in [2.24, 2.45) is 0 Å². The summed E-state index contributed by atoms with van der Waals surface area (Å²) in [6.07, 6.45) is 5.35. The van der Waals surface area contributed by atoms with Crippen LogP contribution in [0, 0.1) is 0 Å². The van der Waals surface area contributed by atoms with Crippen LogP contribution in [0.4, 0.5) is 0 Å². The third-order valence-corrected chi connectivity index (χ3v) is 5.29. The number of amides is 1. The van der Waals surface area contributed by atoms with Crippen LogP contribution in [0.2, 0.25) is 0 Å². The summed E-state index contributed by atoms with van der Waals surface area (Å²) in [6, 6.07) is 10.4. The fourth-order valence-corrected chi connectivity index (χ4v) is 3.55. The molecular formula is C23H33N3O2. The topological polar surface area (TPSA) is 49.6 Å². The van der Waals surface area contributed by atoms with Crippen LogP contribution < -0.4 is 0 Å². The van der Waals surface area contributed by atoms with Crippen molar-refractivity contribution in [2.75, 3.05) is 26.2 Å². The molecule has 1 amide bonds. The first kappa shape index (κ1) is 20.6. The molecule has 0 aliphatic carbocycles. The van der Waals surface area contributed by atoms with Gasteiger partial charge in [-0.05, 0) is 24.8 Å². The molecule has 0 saturated carbocycles. The van der Waals surface area contributed by atoms with E-state index in [2.05, 4.69) is 54.9 Å². The van der Waals surface area contributed by atoms with Crippen molar-refractivity contribution in [3.8, 4) is 0 Å². The smallest absolute Gasteiger partial charge is 0.222 e. The highest BCUT2D eigenvalue weighted by Gasteiger charge is 2.22. The summed E-state index contributed by atoms with van der Waals surface area (Å²) in [5.41, 5.74) is 1.28. The molecule has 2 aromatic rings. The van der Waals surface area contributed by atoms with Crippen molar-refractivity contribution in [3.05, 3.63) is 53.7 Å². The standard InChI is InChI=1S/C23H33N3O2/c1-23(2,3)20-17-24-21(28-20)18-25-13-8-14-26(16-15-25)22(27)12-7-11-19-9-5-4-6-10-19/h4-6,9-10,17H,7-8,11-16,18H2,1-3H3. The van der Waals surface area contributed by atoms with E-state index in [9.17, 15) is 4.79 Å². The molecule has 3 rings (SSSR count). The van der Waals surface area contributed by atoms with Gasteiger partial charge >= 0.3 is 0 Å². The lowest BCUT2D eigenvalue weighted by Crippen LogP contribution is -2.35. The summed E-state index contributed by atoms with van der Waals surface area (Å²) in [5.74, 6) is 1.98. The third-order valence-electron chi connectivity index (χ3n) is 5.29. The molecule has 5 nitrogen and oxygen atoms in total. The zero-order valence-corrected chi connectivity index (χ0v) is 17.5. The summed E-state index contributed by atoms with van der Waals surface area (Å²) in [7, 11) is 0.